The van der Waals surface area contributed by atoms with Gasteiger partial charge in [0.1, 0.15) is 11.5 Å². The molecule has 0 aliphatic carbocycles. The van der Waals surface area contributed by atoms with Crippen molar-refractivity contribution < 1.29 is 38.7 Å². The van der Waals surface area contributed by atoms with Crippen LogP contribution in [0, 0.1) is 0 Å². The summed E-state index contributed by atoms with van der Waals surface area (Å²) in [5.41, 5.74) is 2.04. The molecular weight excluding hydrogens is 476 g/mol. The van der Waals surface area contributed by atoms with Gasteiger partial charge in [-0.05, 0) is 49.2 Å². The number of carbonyl (C=O) groups excluding carboxylic acids is 2. The Morgan fingerprint density at radius 2 is 0.973 bits per heavy atom. The van der Waals surface area contributed by atoms with E-state index in [-0.39, 0.29) is 29.8 Å². The van der Waals surface area contributed by atoms with E-state index < -0.39 is 23.5 Å². The summed E-state index contributed by atoms with van der Waals surface area (Å²) in [6.45, 7) is 16.3. The van der Waals surface area contributed by atoms with Crippen molar-refractivity contribution in [1.29, 1.82) is 0 Å². The highest BCUT2D eigenvalue weighted by Crippen LogP contribution is 2.33. The summed E-state index contributed by atoms with van der Waals surface area (Å²) in [5.74, 6) is -3.96. The van der Waals surface area contributed by atoms with Crippen LogP contribution in [0.4, 0.5) is 0 Å². The predicted molar refractivity (Wildman–Crippen MR) is 139 cm³/mol. The number of aliphatic hydroxyl groups is 2. The van der Waals surface area contributed by atoms with E-state index in [1.807, 2.05) is 24.3 Å². The second-order valence-electron chi connectivity index (χ2n) is 9.94. The van der Waals surface area contributed by atoms with Crippen LogP contribution in [0.15, 0.2) is 72.8 Å². The Bertz CT molecular complexity index is 1040. The Balaban J connectivity index is 2.01. The zero-order valence-corrected chi connectivity index (χ0v) is 22.3. The molecule has 37 heavy (non-hydrogen) atoms. The lowest BCUT2D eigenvalue weighted by atomic mass is 9.78. The fraction of sp³-hybridized carbons (Fsp3) is 0.379. The van der Waals surface area contributed by atoms with Crippen molar-refractivity contribution in [3.8, 4) is 11.5 Å². The number of ether oxygens (including phenoxy) is 4. The molecule has 0 aromatic heterocycles. The predicted octanol–water partition coefficient (Wildman–Crippen LogP) is 4.43. The van der Waals surface area contributed by atoms with Crippen LogP contribution in [0.5, 0.6) is 11.5 Å². The first-order valence-electron chi connectivity index (χ1n) is 11.7. The number of rotatable bonds is 12. The lowest BCUT2D eigenvalue weighted by Gasteiger charge is -2.27. The average Bonchev–Trinajstić information content (AvgIpc) is 2.81. The Kier molecular flexibility index (Phi) is 9.30. The smallest absolute Gasteiger partial charge is 0.335 e. The summed E-state index contributed by atoms with van der Waals surface area (Å²) in [4.78, 5) is 23.3. The molecule has 0 aliphatic rings. The van der Waals surface area contributed by atoms with Gasteiger partial charge in [0.25, 0.3) is 0 Å². The van der Waals surface area contributed by atoms with E-state index in [9.17, 15) is 19.8 Å². The molecule has 0 radical (unpaired) electrons. The van der Waals surface area contributed by atoms with Gasteiger partial charge < -0.3 is 29.2 Å². The van der Waals surface area contributed by atoms with Gasteiger partial charge in [0, 0.05) is 30.4 Å². The second-order valence-corrected chi connectivity index (χ2v) is 9.94. The topological polar surface area (TPSA) is 112 Å². The van der Waals surface area contributed by atoms with Gasteiger partial charge >= 0.3 is 11.9 Å². The molecule has 2 aromatic carbocycles. The van der Waals surface area contributed by atoms with Crippen LogP contribution in [0.2, 0.25) is 0 Å². The standard InChI is InChI=1S/C29H36O8/c1-19(2)25(30)36-28(7,32)17-34-23-13-9-21(10-14-23)27(5,6)22-11-15-24(16-12-22)35-18-29(8,33)37-26(31)20(3)4/h9-16,32-33H,1,3,17-18H2,2,4-8H3. The summed E-state index contributed by atoms with van der Waals surface area (Å²) in [5, 5.41) is 20.5. The number of hydrogen-bond donors (Lipinski definition) is 2. The van der Waals surface area contributed by atoms with Gasteiger partial charge in [0.05, 0.1) is 0 Å². The minimum atomic E-state index is -1.79. The van der Waals surface area contributed by atoms with Crippen molar-refractivity contribution in [2.45, 2.75) is 58.5 Å². The summed E-state index contributed by atoms with van der Waals surface area (Å²) in [6.07, 6.45) is 0. The summed E-state index contributed by atoms with van der Waals surface area (Å²) in [7, 11) is 0. The Labute approximate surface area is 218 Å². The molecule has 200 valence electrons. The second kappa shape index (κ2) is 11.6. The fourth-order valence-electron chi connectivity index (χ4n) is 3.17. The van der Waals surface area contributed by atoms with Gasteiger partial charge in [-0.3, -0.25) is 0 Å². The number of benzene rings is 2. The quantitative estimate of drug-likeness (QED) is 0.244. The van der Waals surface area contributed by atoms with E-state index in [0.717, 1.165) is 11.1 Å². The summed E-state index contributed by atoms with van der Waals surface area (Å²) in [6, 6.07) is 14.8. The normalized spacial score (nSPS) is 14.5. The van der Waals surface area contributed by atoms with Crippen molar-refractivity contribution in [2.24, 2.45) is 0 Å². The molecule has 8 heteroatoms. The molecule has 2 N–H and O–H groups in total. The van der Waals surface area contributed by atoms with Gasteiger partial charge in [-0.1, -0.05) is 51.3 Å². The zero-order chi connectivity index (χ0) is 28.0. The van der Waals surface area contributed by atoms with Crippen molar-refractivity contribution in [3.05, 3.63) is 84.0 Å². The Morgan fingerprint density at radius 1 is 0.676 bits per heavy atom. The Morgan fingerprint density at radius 3 is 1.24 bits per heavy atom. The molecule has 2 rings (SSSR count). The van der Waals surface area contributed by atoms with Gasteiger partial charge in [0.15, 0.2) is 13.2 Å². The molecular formula is C29H36O8. The van der Waals surface area contributed by atoms with E-state index in [4.69, 9.17) is 18.9 Å². The number of hydrogen-bond acceptors (Lipinski definition) is 8. The summed E-state index contributed by atoms with van der Waals surface area (Å²) >= 11 is 0. The first-order chi connectivity index (χ1) is 17.0. The lowest BCUT2D eigenvalue weighted by molar-refractivity contribution is -0.208. The molecule has 0 aliphatic heterocycles. The maximum atomic E-state index is 11.6. The van der Waals surface area contributed by atoms with Crippen molar-refractivity contribution in [3.63, 3.8) is 0 Å². The van der Waals surface area contributed by atoms with Crippen molar-refractivity contribution in [2.75, 3.05) is 13.2 Å². The molecule has 0 saturated heterocycles. The average molecular weight is 513 g/mol. The van der Waals surface area contributed by atoms with E-state index in [2.05, 4.69) is 27.0 Å². The lowest BCUT2D eigenvalue weighted by Crippen LogP contribution is -2.38. The third kappa shape index (κ3) is 8.77. The van der Waals surface area contributed by atoms with Gasteiger partial charge in [-0.25, -0.2) is 9.59 Å². The number of carbonyl (C=O) groups is 2. The highest BCUT2D eigenvalue weighted by molar-refractivity contribution is 5.87. The van der Waals surface area contributed by atoms with Crippen molar-refractivity contribution >= 4 is 11.9 Å². The zero-order valence-electron chi connectivity index (χ0n) is 22.3. The molecule has 2 atom stereocenters. The largest absolute Gasteiger partial charge is 0.487 e. The molecule has 0 saturated carbocycles. The van der Waals surface area contributed by atoms with Crippen LogP contribution in [0.1, 0.15) is 52.7 Å². The minimum absolute atomic E-state index is 0.183. The van der Waals surface area contributed by atoms with E-state index in [0.29, 0.717) is 11.5 Å². The minimum Gasteiger partial charge on any atom is -0.487 e. The third-order valence-corrected chi connectivity index (χ3v) is 5.49. The fourth-order valence-corrected chi connectivity index (χ4v) is 3.17. The van der Waals surface area contributed by atoms with Crippen LogP contribution in [0.25, 0.3) is 0 Å². The van der Waals surface area contributed by atoms with Crippen molar-refractivity contribution in [1.82, 2.24) is 0 Å². The monoisotopic (exact) mass is 512 g/mol. The van der Waals surface area contributed by atoms with E-state index in [1.165, 1.54) is 27.7 Å². The van der Waals surface area contributed by atoms with E-state index >= 15 is 0 Å². The molecule has 8 nitrogen and oxygen atoms in total. The molecule has 0 fully saturated rings. The SMILES string of the molecule is C=C(C)C(=O)OC(C)(O)COc1ccc(C(C)(C)c2ccc(OCC(C)(O)OC(=O)C(=C)C)cc2)cc1. The van der Waals surface area contributed by atoms with E-state index in [1.54, 1.807) is 24.3 Å². The molecule has 0 heterocycles. The number of esters is 2. The first-order valence-corrected chi connectivity index (χ1v) is 11.7. The van der Waals surface area contributed by atoms with Gasteiger partial charge in [-0.15, -0.1) is 0 Å². The maximum absolute atomic E-state index is 11.6. The van der Waals surface area contributed by atoms with Gasteiger partial charge in [-0.2, -0.15) is 0 Å². The van der Waals surface area contributed by atoms with Crippen LogP contribution in [0.3, 0.4) is 0 Å². The molecule has 2 unspecified atom stereocenters. The summed E-state index contributed by atoms with van der Waals surface area (Å²) < 4.78 is 21.1. The molecule has 0 spiro atoms. The highest BCUT2D eigenvalue weighted by atomic mass is 16.7. The maximum Gasteiger partial charge on any atom is 0.335 e. The van der Waals surface area contributed by atoms with Crippen LogP contribution < -0.4 is 9.47 Å². The van der Waals surface area contributed by atoms with Crippen LogP contribution in [-0.2, 0) is 24.5 Å². The Hall–Kier alpha value is -3.62. The highest BCUT2D eigenvalue weighted by Gasteiger charge is 2.29. The molecule has 0 bridgehead atoms. The molecule has 0 amide bonds. The molecule has 2 aromatic rings. The first kappa shape index (κ1) is 29.6. The third-order valence-electron chi connectivity index (χ3n) is 5.49. The van der Waals surface area contributed by atoms with Crippen LogP contribution >= 0.6 is 0 Å². The van der Waals surface area contributed by atoms with Crippen LogP contribution in [-0.4, -0.2) is 46.9 Å². The van der Waals surface area contributed by atoms with Gasteiger partial charge in [0.2, 0.25) is 11.6 Å².